The van der Waals surface area contributed by atoms with E-state index in [1.54, 1.807) is 0 Å². The largest absolute Gasteiger partial charge is 0.326 e. The predicted octanol–water partition coefficient (Wildman–Crippen LogP) is 3.54. The van der Waals surface area contributed by atoms with Gasteiger partial charge in [-0.05, 0) is 35.6 Å². The molecule has 0 bridgehead atoms. The van der Waals surface area contributed by atoms with Crippen LogP contribution in [0.15, 0.2) is 46.7 Å². The molecule has 0 aliphatic heterocycles. The van der Waals surface area contributed by atoms with Crippen LogP contribution in [0.2, 0.25) is 0 Å². The van der Waals surface area contributed by atoms with E-state index >= 15 is 0 Å². The van der Waals surface area contributed by atoms with E-state index in [-0.39, 0.29) is 0 Å². The summed E-state index contributed by atoms with van der Waals surface area (Å²) in [5.41, 5.74) is 6.76. The molecule has 0 fully saturated rings. The quantitative estimate of drug-likeness (QED) is 0.820. The summed E-state index contributed by atoms with van der Waals surface area (Å²) in [4.78, 5) is 2.79. The Bertz CT molecular complexity index is 406. The van der Waals surface area contributed by atoms with Gasteiger partial charge in [-0.3, -0.25) is 0 Å². The minimum absolute atomic E-state index is 0.625. The normalized spacial score (nSPS) is 10.6. The van der Waals surface area contributed by atoms with Crippen molar-refractivity contribution < 1.29 is 0 Å². The molecule has 1 aromatic heterocycles. The Morgan fingerprint density at radius 3 is 2.56 bits per heavy atom. The van der Waals surface area contributed by atoms with E-state index in [0.29, 0.717) is 6.54 Å². The van der Waals surface area contributed by atoms with E-state index in [1.165, 1.54) is 15.3 Å². The molecular formula is C13H15NS2. The molecule has 1 nitrogen and oxygen atoms in total. The van der Waals surface area contributed by atoms with Gasteiger partial charge >= 0.3 is 0 Å². The third-order valence-electron chi connectivity index (χ3n) is 2.36. The number of rotatable bonds is 5. The van der Waals surface area contributed by atoms with Crippen LogP contribution in [0, 0.1) is 0 Å². The third-order valence-corrected chi connectivity index (χ3v) is 4.31. The second-order valence-corrected chi connectivity index (χ2v) is 5.73. The number of benzene rings is 1. The molecule has 2 aromatic rings. The first-order valence-corrected chi connectivity index (χ1v) is 7.19. The van der Waals surface area contributed by atoms with Crippen molar-refractivity contribution in [2.45, 2.75) is 17.9 Å². The van der Waals surface area contributed by atoms with Gasteiger partial charge in [0.25, 0.3) is 0 Å². The number of aryl methyl sites for hydroxylation is 1. The fourth-order valence-electron chi connectivity index (χ4n) is 1.45. The fourth-order valence-corrected chi connectivity index (χ4v) is 3.17. The Hall–Kier alpha value is -0.770. The summed E-state index contributed by atoms with van der Waals surface area (Å²) in [6, 6.07) is 12.8. The molecule has 0 radical (unpaired) electrons. The number of hydrogen-bond acceptors (Lipinski definition) is 3. The van der Waals surface area contributed by atoms with Gasteiger partial charge in [0.15, 0.2) is 0 Å². The minimum atomic E-state index is 0.625. The molecule has 3 heteroatoms. The van der Waals surface area contributed by atoms with E-state index in [2.05, 4.69) is 41.8 Å². The summed E-state index contributed by atoms with van der Waals surface area (Å²) in [6.07, 6.45) is 1.15. The van der Waals surface area contributed by atoms with Gasteiger partial charge in [-0.15, -0.1) is 23.1 Å². The molecule has 1 aromatic carbocycles. The Morgan fingerprint density at radius 2 is 1.94 bits per heavy atom. The Morgan fingerprint density at radius 1 is 1.12 bits per heavy atom. The Balaban J connectivity index is 1.81. The lowest BCUT2D eigenvalue weighted by Crippen LogP contribution is -1.95. The molecule has 0 saturated heterocycles. The summed E-state index contributed by atoms with van der Waals surface area (Å²) < 4.78 is 0. The maximum Gasteiger partial charge on any atom is 0.0178 e. The topological polar surface area (TPSA) is 26.0 Å². The lowest BCUT2D eigenvalue weighted by atomic mass is 10.2. The van der Waals surface area contributed by atoms with Crippen LogP contribution in [0.4, 0.5) is 0 Å². The average Bonchev–Trinajstić information content (AvgIpc) is 2.83. The second kappa shape index (κ2) is 6.09. The molecule has 0 atom stereocenters. The second-order valence-electron chi connectivity index (χ2n) is 3.53. The first-order valence-electron chi connectivity index (χ1n) is 5.32. The van der Waals surface area contributed by atoms with E-state index in [0.717, 1.165) is 12.2 Å². The third kappa shape index (κ3) is 3.37. The van der Waals surface area contributed by atoms with Gasteiger partial charge in [0, 0.05) is 22.1 Å². The number of thiophene rings is 1. The van der Waals surface area contributed by atoms with Crippen LogP contribution in [0.3, 0.4) is 0 Å². The SMILES string of the molecule is NCc1ccc(SCCc2cccs2)cc1. The lowest BCUT2D eigenvalue weighted by molar-refractivity contribution is 1.06. The monoisotopic (exact) mass is 249 g/mol. The van der Waals surface area contributed by atoms with Crippen LogP contribution < -0.4 is 5.73 Å². The lowest BCUT2D eigenvalue weighted by Gasteiger charge is -2.02. The molecule has 1 heterocycles. The van der Waals surface area contributed by atoms with E-state index < -0.39 is 0 Å². The van der Waals surface area contributed by atoms with Gasteiger partial charge in [-0.1, -0.05) is 18.2 Å². The molecule has 2 N–H and O–H groups in total. The molecule has 0 aliphatic carbocycles. The zero-order valence-corrected chi connectivity index (χ0v) is 10.7. The standard InChI is InChI=1S/C13H15NS2/c14-10-11-3-5-13(6-4-11)16-9-7-12-2-1-8-15-12/h1-6,8H,7,9-10,14H2. The van der Waals surface area contributed by atoms with Crippen molar-refractivity contribution in [2.24, 2.45) is 5.73 Å². The highest BCUT2D eigenvalue weighted by atomic mass is 32.2. The Kier molecular flexibility index (Phi) is 4.45. The van der Waals surface area contributed by atoms with E-state index in [4.69, 9.17) is 5.73 Å². The van der Waals surface area contributed by atoms with E-state index in [9.17, 15) is 0 Å². The summed E-state index contributed by atoms with van der Waals surface area (Å²) >= 11 is 3.74. The summed E-state index contributed by atoms with van der Waals surface area (Å²) in [6.45, 7) is 0.625. The van der Waals surface area contributed by atoms with Crippen LogP contribution in [0.25, 0.3) is 0 Å². The summed E-state index contributed by atoms with van der Waals surface area (Å²) in [7, 11) is 0. The van der Waals surface area contributed by atoms with Crippen molar-refractivity contribution in [3.8, 4) is 0 Å². The van der Waals surface area contributed by atoms with Gasteiger partial charge in [0.05, 0.1) is 0 Å². The van der Waals surface area contributed by atoms with Crippen LogP contribution >= 0.6 is 23.1 Å². The molecule has 0 spiro atoms. The van der Waals surface area contributed by atoms with Gasteiger partial charge in [-0.2, -0.15) is 0 Å². The maximum atomic E-state index is 5.56. The average molecular weight is 249 g/mol. The Labute approximate surface area is 105 Å². The van der Waals surface area contributed by atoms with Gasteiger partial charge in [0.2, 0.25) is 0 Å². The zero-order valence-electron chi connectivity index (χ0n) is 9.06. The van der Waals surface area contributed by atoms with Crippen molar-refractivity contribution in [1.82, 2.24) is 0 Å². The number of nitrogens with two attached hydrogens (primary N) is 1. The van der Waals surface area contributed by atoms with Crippen molar-refractivity contribution in [3.63, 3.8) is 0 Å². The molecular weight excluding hydrogens is 234 g/mol. The summed E-state index contributed by atoms with van der Waals surface area (Å²) in [5.74, 6) is 1.14. The smallest absolute Gasteiger partial charge is 0.0178 e. The van der Waals surface area contributed by atoms with Crippen LogP contribution in [-0.2, 0) is 13.0 Å². The highest BCUT2D eigenvalue weighted by Crippen LogP contribution is 2.20. The number of thioether (sulfide) groups is 1. The highest BCUT2D eigenvalue weighted by molar-refractivity contribution is 7.99. The molecule has 16 heavy (non-hydrogen) atoms. The first-order chi connectivity index (χ1) is 7.88. The van der Waals surface area contributed by atoms with Gasteiger partial charge in [-0.25, -0.2) is 0 Å². The molecule has 2 rings (SSSR count). The number of hydrogen-bond donors (Lipinski definition) is 1. The van der Waals surface area contributed by atoms with E-state index in [1.807, 2.05) is 23.1 Å². The molecule has 0 amide bonds. The molecule has 0 unspecified atom stereocenters. The van der Waals surface area contributed by atoms with Crippen LogP contribution in [-0.4, -0.2) is 5.75 Å². The molecule has 0 aliphatic rings. The zero-order chi connectivity index (χ0) is 11.2. The fraction of sp³-hybridized carbons (Fsp3) is 0.231. The van der Waals surface area contributed by atoms with Gasteiger partial charge in [0.1, 0.15) is 0 Å². The first kappa shape index (κ1) is 11.7. The highest BCUT2D eigenvalue weighted by Gasteiger charge is 1.97. The van der Waals surface area contributed by atoms with Crippen molar-refractivity contribution in [2.75, 3.05) is 5.75 Å². The van der Waals surface area contributed by atoms with Crippen LogP contribution in [0.5, 0.6) is 0 Å². The maximum absolute atomic E-state index is 5.56. The van der Waals surface area contributed by atoms with Crippen molar-refractivity contribution >= 4 is 23.1 Å². The molecule has 0 saturated carbocycles. The van der Waals surface area contributed by atoms with Gasteiger partial charge < -0.3 is 5.73 Å². The minimum Gasteiger partial charge on any atom is -0.326 e. The molecule has 84 valence electrons. The predicted molar refractivity (Wildman–Crippen MR) is 73.1 cm³/mol. The van der Waals surface area contributed by atoms with Crippen molar-refractivity contribution in [3.05, 3.63) is 52.2 Å². The van der Waals surface area contributed by atoms with Crippen molar-refractivity contribution in [1.29, 1.82) is 0 Å². The summed E-state index contributed by atoms with van der Waals surface area (Å²) in [5, 5.41) is 2.13. The van der Waals surface area contributed by atoms with Crippen LogP contribution in [0.1, 0.15) is 10.4 Å².